The van der Waals surface area contributed by atoms with Crippen molar-refractivity contribution in [1.82, 2.24) is 10.3 Å². The summed E-state index contributed by atoms with van der Waals surface area (Å²) < 4.78 is 0. The second kappa shape index (κ2) is 5.43. The molecule has 0 amide bonds. The zero-order chi connectivity index (χ0) is 12.3. The Morgan fingerprint density at radius 3 is 2.41 bits per heavy atom. The van der Waals surface area contributed by atoms with Crippen LogP contribution in [0.1, 0.15) is 41.9 Å². The van der Waals surface area contributed by atoms with Crippen LogP contribution in [0.25, 0.3) is 0 Å². The fraction of sp³-hybridized carbons (Fsp3) is 0.357. The monoisotopic (exact) mass is 246 g/mol. The minimum atomic E-state index is 0.342. The number of thiophene rings is 1. The first-order valence-electron chi connectivity index (χ1n) is 5.88. The summed E-state index contributed by atoms with van der Waals surface area (Å²) in [6, 6.07) is 7.03. The molecular weight excluding hydrogens is 228 g/mol. The van der Waals surface area contributed by atoms with Gasteiger partial charge in [-0.3, -0.25) is 4.98 Å². The molecule has 0 aliphatic rings. The number of rotatable bonds is 4. The summed E-state index contributed by atoms with van der Waals surface area (Å²) in [7, 11) is 0. The molecule has 3 heteroatoms. The molecule has 1 N–H and O–H groups in total. The molecule has 0 aromatic carbocycles. The summed E-state index contributed by atoms with van der Waals surface area (Å²) >= 11 is 1.82. The average Bonchev–Trinajstić information content (AvgIpc) is 2.76. The third-order valence-electron chi connectivity index (χ3n) is 3.00. The first kappa shape index (κ1) is 12.3. The van der Waals surface area contributed by atoms with Gasteiger partial charge in [-0.2, -0.15) is 0 Å². The lowest BCUT2D eigenvalue weighted by Crippen LogP contribution is -2.22. The molecule has 90 valence electrons. The third kappa shape index (κ3) is 2.93. The third-order valence-corrected chi connectivity index (χ3v) is 4.20. The van der Waals surface area contributed by atoms with E-state index in [1.165, 1.54) is 16.0 Å². The summed E-state index contributed by atoms with van der Waals surface area (Å²) in [4.78, 5) is 5.47. The van der Waals surface area contributed by atoms with Crippen LogP contribution in [0, 0.1) is 6.92 Å². The highest BCUT2D eigenvalue weighted by atomic mass is 32.1. The number of aromatic nitrogens is 1. The molecule has 17 heavy (non-hydrogen) atoms. The maximum absolute atomic E-state index is 4.05. The van der Waals surface area contributed by atoms with E-state index in [4.69, 9.17) is 0 Å². The lowest BCUT2D eigenvalue weighted by atomic mass is 10.1. The van der Waals surface area contributed by atoms with E-state index in [0.717, 1.165) is 0 Å². The Morgan fingerprint density at radius 1 is 1.12 bits per heavy atom. The number of nitrogens with one attached hydrogen (secondary N) is 1. The Hall–Kier alpha value is -1.19. The number of hydrogen-bond acceptors (Lipinski definition) is 3. The fourth-order valence-corrected chi connectivity index (χ4v) is 2.97. The van der Waals surface area contributed by atoms with Crippen molar-refractivity contribution in [3.8, 4) is 0 Å². The van der Waals surface area contributed by atoms with E-state index in [0.29, 0.717) is 12.1 Å². The number of pyridine rings is 1. The van der Waals surface area contributed by atoms with Crippen molar-refractivity contribution < 1.29 is 0 Å². The zero-order valence-electron chi connectivity index (χ0n) is 10.5. The molecule has 2 heterocycles. The van der Waals surface area contributed by atoms with Gasteiger partial charge in [-0.15, -0.1) is 11.3 Å². The number of aryl methyl sites for hydroxylation is 1. The molecule has 2 rings (SSSR count). The molecule has 0 saturated carbocycles. The van der Waals surface area contributed by atoms with E-state index in [1.807, 2.05) is 23.7 Å². The van der Waals surface area contributed by atoms with Crippen LogP contribution < -0.4 is 5.32 Å². The van der Waals surface area contributed by atoms with Gasteiger partial charge >= 0.3 is 0 Å². The topological polar surface area (TPSA) is 24.9 Å². The molecule has 2 aromatic heterocycles. The van der Waals surface area contributed by atoms with Gasteiger partial charge in [0.05, 0.1) is 0 Å². The second-order valence-corrected chi connectivity index (χ2v) is 5.31. The molecule has 2 atom stereocenters. The predicted molar refractivity (Wildman–Crippen MR) is 73.3 cm³/mol. The van der Waals surface area contributed by atoms with E-state index in [-0.39, 0.29) is 0 Å². The van der Waals surface area contributed by atoms with Crippen molar-refractivity contribution in [1.29, 1.82) is 0 Å². The van der Waals surface area contributed by atoms with Crippen molar-refractivity contribution >= 4 is 11.3 Å². The van der Waals surface area contributed by atoms with Crippen molar-refractivity contribution in [2.45, 2.75) is 32.9 Å². The smallest absolute Gasteiger partial charge is 0.0393 e. The SMILES string of the molecule is Cc1ccsc1C(C)N[C@H](C)c1ccncc1. The van der Waals surface area contributed by atoms with Crippen molar-refractivity contribution in [3.05, 3.63) is 52.0 Å². The zero-order valence-corrected chi connectivity index (χ0v) is 11.3. The van der Waals surface area contributed by atoms with Gasteiger partial charge in [-0.1, -0.05) is 0 Å². The Labute approximate surface area is 107 Å². The molecule has 0 saturated heterocycles. The van der Waals surface area contributed by atoms with Crippen molar-refractivity contribution in [2.24, 2.45) is 0 Å². The van der Waals surface area contributed by atoms with Crippen LogP contribution in [0.2, 0.25) is 0 Å². The molecule has 1 unspecified atom stereocenters. The molecule has 2 aromatic rings. The van der Waals surface area contributed by atoms with Crippen LogP contribution in [-0.4, -0.2) is 4.98 Å². The minimum absolute atomic E-state index is 0.342. The number of nitrogens with zero attached hydrogens (tertiary/aromatic N) is 1. The van der Waals surface area contributed by atoms with Gasteiger partial charge in [0.1, 0.15) is 0 Å². The van der Waals surface area contributed by atoms with E-state index in [1.54, 1.807) is 0 Å². The van der Waals surface area contributed by atoms with E-state index >= 15 is 0 Å². The molecule has 0 fully saturated rings. The van der Waals surface area contributed by atoms with Crippen LogP contribution in [0.5, 0.6) is 0 Å². The molecule has 0 aliphatic carbocycles. The van der Waals surface area contributed by atoms with Gasteiger partial charge in [-0.05, 0) is 55.5 Å². The lowest BCUT2D eigenvalue weighted by Gasteiger charge is -2.20. The first-order chi connectivity index (χ1) is 8.18. The molecule has 0 aliphatic heterocycles. The predicted octanol–water partition coefficient (Wildman–Crippen LogP) is 3.86. The average molecular weight is 246 g/mol. The quantitative estimate of drug-likeness (QED) is 0.886. The van der Waals surface area contributed by atoms with Crippen LogP contribution in [0.3, 0.4) is 0 Å². The maximum atomic E-state index is 4.05. The van der Waals surface area contributed by atoms with Gasteiger partial charge in [0.2, 0.25) is 0 Å². The fourth-order valence-electron chi connectivity index (χ4n) is 2.03. The van der Waals surface area contributed by atoms with E-state index in [2.05, 4.69) is 54.7 Å². The van der Waals surface area contributed by atoms with Crippen LogP contribution in [0.4, 0.5) is 0 Å². The Bertz CT molecular complexity index is 464. The van der Waals surface area contributed by atoms with Crippen LogP contribution in [0.15, 0.2) is 36.0 Å². The van der Waals surface area contributed by atoms with E-state index < -0.39 is 0 Å². The van der Waals surface area contributed by atoms with Gasteiger partial charge in [0, 0.05) is 29.4 Å². The summed E-state index contributed by atoms with van der Waals surface area (Å²) in [5.74, 6) is 0. The normalized spacial score (nSPS) is 14.5. The lowest BCUT2D eigenvalue weighted by molar-refractivity contribution is 0.498. The highest BCUT2D eigenvalue weighted by Crippen LogP contribution is 2.25. The Balaban J connectivity index is 2.05. The van der Waals surface area contributed by atoms with Gasteiger partial charge in [0.25, 0.3) is 0 Å². The van der Waals surface area contributed by atoms with Crippen LogP contribution in [-0.2, 0) is 0 Å². The Kier molecular flexibility index (Phi) is 3.92. The maximum Gasteiger partial charge on any atom is 0.0393 e. The minimum Gasteiger partial charge on any atom is -0.303 e. The second-order valence-electron chi connectivity index (χ2n) is 4.36. The highest BCUT2D eigenvalue weighted by molar-refractivity contribution is 7.10. The highest BCUT2D eigenvalue weighted by Gasteiger charge is 2.13. The molecule has 0 radical (unpaired) electrons. The molecular formula is C14H18N2S. The van der Waals surface area contributed by atoms with E-state index in [9.17, 15) is 0 Å². The summed E-state index contributed by atoms with van der Waals surface area (Å²) in [5.41, 5.74) is 2.65. The summed E-state index contributed by atoms with van der Waals surface area (Å²) in [6.45, 7) is 6.58. The number of hydrogen-bond donors (Lipinski definition) is 1. The van der Waals surface area contributed by atoms with Crippen molar-refractivity contribution in [2.75, 3.05) is 0 Å². The standard InChI is InChI=1S/C14H18N2S/c1-10-6-9-17-14(10)12(3)16-11(2)13-4-7-15-8-5-13/h4-9,11-12,16H,1-3H3/t11-,12?/m1/s1. The molecule has 2 nitrogen and oxygen atoms in total. The van der Waals surface area contributed by atoms with Gasteiger partial charge in [0.15, 0.2) is 0 Å². The summed E-state index contributed by atoms with van der Waals surface area (Å²) in [5, 5.41) is 5.77. The largest absolute Gasteiger partial charge is 0.303 e. The Morgan fingerprint density at radius 2 is 1.82 bits per heavy atom. The molecule has 0 spiro atoms. The molecule has 0 bridgehead atoms. The van der Waals surface area contributed by atoms with Gasteiger partial charge in [-0.25, -0.2) is 0 Å². The van der Waals surface area contributed by atoms with Gasteiger partial charge < -0.3 is 5.32 Å². The van der Waals surface area contributed by atoms with Crippen molar-refractivity contribution in [3.63, 3.8) is 0 Å². The first-order valence-corrected chi connectivity index (χ1v) is 6.76. The van der Waals surface area contributed by atoms with Crippen LogP contribution >= 0.6 is 11.3 Å². The summed E-state index contributed by atoms with van der Waals surface area (Å²) in [6.07, 6.45) is 3.68.